The second kappa shape index (κ2) is 4.27. The minimum atomic E-state index is 0.170. The van der Waals surface area contributed by atoms with Crippen LogP contribution in [0, 0.1) is 0 Å². The Morgan fingerprint density at radius 1 is 1.44 bits per heavy atom. The van der Waals surface area contributed by atoms with Crippen LogP contribution in [0.3, 0.4) is 0 Å². The van der Waals surface area contributed by atoms with E-state index in [9.17, 15) is 0 Å². The number of methoxy groups -OCH3 is 1. The molecule has 88 valence electrons. The van der Waals surface area contributed by atoms with Crippen LogP contribution >= 0.6 is 11.6 Å². The molecule has 0 aliphatic heterocycles. The quantitative estimate of drug-likeness (QED) is 0.877. The summed E-state index contributed by atoms with van der Waals surface area (Å²) in [5, 5.41) is 0.802. The first kappa shape index (κ1) is 11.7. The van der Waals surface area contributed by atoms with E-state index in [4.69, 9.17) is 22.1 Å². The Labute approximate surface area is 102 Å². The summed E-state index contributed by atoms with van der Waals surface area (Å²) in [6.45, 7) is 2.77. The highest BCUT2D eigenvalue weighted by atomic mass is 35.5. The van der Waals surface area contributed by atoms with Crippen molar-refractivity contribution in [3.8, 4) is 5.75 Å². The Hall–Kier alpha value is -0.730. The van der Waals surface area contributed by atoms with Crippen molar-refractivity contribution in [1.82, 2.24) is 0 Å². The van der Waals surface area contributed by atoms with Crippen LogP contribution in [-0.4, -0.2) is 13.7 Å². The number of rotatable bonds is 4. The predicted molar refractivity (Wildman–Crippen MR) is 67.3 cm³/mol. The molecule has 1 aliphatic carbocycles. The first-order chi connectivity index (χ1) is 7.66. The summed E-state index contributed by atoms with van der Waals surface area (Å²) in [6.07, 6.45) is 3.21. The van der Waals surface area contributed by atoms with E-state index >= 15 is 0 Å². The molecule has 3 heteroatoms. The van der Waals surface area contributed by atoms with Crippen LogP contribution in [0.15, 0.2) is 12.1 Å². The summed E-state index contributed by atoms with van der Waals surface area (Å²) >= 11 is 6.28. The van der Waals surface area contributed by atoms with Gasteiger partial charge in [0, 0.05) is 22.5 Å². The first-order valence-corrected chi connectivity index (χ1v) is 6.11. The average molecular weight is 240 g/mol. The van der Waals surface area contributed by atoms with Gasteiger partial charge in [-0.3, -0.25) is 0 Å². The summed E-state index contributed by atoms with van der Waals surface area (Å²) in [5.74, 6) is 0.893. The third-order valence-electron chi connectivity index (χ3n) is 3.58. The van der Waals surface area contributed by atoms with E-state index in [0.29, 0.717) is 6.54 Å². The van der Waals surface area contributed by atoms with Crippen LogP contribution in [-0.2, 0) is 11.8 Å². The second-order valence-corrected chi connectivity index (χ2v) is 4.88. The van der Waals surface area contributed by atoms with Crippen molar-refractivity contribution < 1.29 is 4.74 Å². The van der Waals surface area contributed by atoms with Gasteiger partial charge in [0.2, 0.25) is 0 Å². The largest absolute Gasteiger partial charge is 0.496 e. The van der Waals surface area contributed by atoms with Crippen molar-refractivity contribution >= 4 is 11.6 Å². The van der Waals surface area contributed by atoms with E-state index in [1.807, 2.05) is 0 Å². The standard InChI is InChI=1S/C13H18ClNO/c1-3-10-11(14)6-9(7-12(10)16-2)13(8-15)4-5-13/h6-7H,3-5,8,15H2,1-2H3. The third kappa shape index (κ3) is 1.80. The molecule has 16 heavy (non-hydrogen) atoms. The van der Waals surface area contributed by atoms with Crippen LogP contribution in [0.4, 0.5) is 0 Å². The highest BCUT2D eigenvalue weighted by molar-refractivity contribution is 6.31. The monoisotopic (exact) mass is 239 g/mol. The number of nitrogens with two attached hydrogens (primary N) is 1. The second-order valence-electron chi connectivity index (χ2n) is 4.48. The molecule has 0 amide bonds. The minimum Gasteiger partial charge on any atom is -0.496 e. The maximum absolute atomic E-state index is 6.28. The molecule has 2 rings (SSSR count). The summed E-state index contributed by atoms with van der Waals surface area (Å²) < 4.78 is 5.40. The predicted octanol–water partition coefficient (Wildman–Crippen LogP) is 2.90. The molecule has 0 spiro atoms. The fourth-order valence-corrected chi connectivity index (χ4v) is 2.55. The van der Waals surface area contributed by atoms with Crippen LogP contribution in [0.5, 0.6) is 5.75 Å². The molecule has 1 aromatic rings. The van der Waals surface area contributed by atoms with E-state index in [1.165, 1.54) is 5.56 Å². The fraction of sp³-hybridized carbons (Fsp3) is 0.538. The lowest BCUT2D eigenvalue weighted by Crippen LogP contribution is -2.19. The van der Waals surface area contributed by atoms with Crippen molar-refractivity contribution in [2.24, 2.45) is 5.73 Å². The molecule has 2 nitrogen and oxygen atoms in total. The summed E-state index contributed by atoms with van der Waals surface area (Å²) in [7, 11) is 1.69. The molecular formula is C13H18ClNO. The topological polar surface area (TPSA) is 35.2 Å². The lowest BCUT2D eigenvalue weighted by Gasteiger charge is -2.17. The van der Waals surface area contributed by atoms with Gasteiger partial charge in [0.1, 0.15) is 5.75 Å². The maximum Gasteiger partial charge on any atom is 0.123 e. The van der Waals surface area contributed by atoms with Gasteiger partial charge in [-0.05, 0) is 37.0 Å². The zero-order valence-electron chi connectivity index (χ0n) is 9.85. The van der Waals surface area contributed by atoms with Crippen LogP contribution in [0.25, 0.3) is 0 Å². The Morgan fingerprint density at radius 3 is 2.56 bits per heavy atom. The van der Waals surface area contributed by atoms with E-state index in [-0.39, 0.29) is 5.41 Å². The fourth-order valence-electron chi connectivity index (χ4n) is 2.20. The molecule has 0 radical (unpaired) electrons. The minimum absolute atomic E-state index is 0.170. The van der Waals surface area contributed by atoms with Crippen LogP contribution in [0.2, 0.25) is 5.02 Å². The molecule has 0 saturated heterocycles. The molecule has 1 saturated carbocycles. The van der Waals surface area contributed by atoms with Gasteiger partial charge in [0.05, 0.1) is 7.11 Å². The Morgan fingerprint density at radius 2 is 2.12 bits per heavy atom. The smallest absolute Gasteiger partial charge is 0.123 e. The summed E-state index contributed by atoms with van der Waals surface area (Å²) in [5.41, 5.74) is 8.31. The molecule has 1 aromatic carbocycles. The van der Waals surface area contributed by atoms with Crippen molar-refractivity contribution in [2.45, 2.75) is 31.6 Å². The van der Waals surface area contributed by atoms with Gasteiger partial charge in [-0.25, -0.2) is 0 Å². The van der Waals surface area contributed by atoms with Gasteiger partial charge in [-0.2, -0.15) is 0 Å². The van der Waals surface area contributed by atoms with E-state index in [2.05, 4.69) is 19.1 Å². The number of benzene rings is 1. The zero-order valence-corrected chi connectivity index (χ0v) is 10.6. The molecule has 0 heterocycles. The number of hydrogen-bond acceptors (Lipinski definition) is 2. The van der Waals surface area contributed by atoms with E-state index in [0.717, 1.165) is 35.6 Å². The van der Waals surface area contributed by atoms with Crippen molar-refractivity contribution in [3.05, 3.63) is 28.3 Å². The Kier molecular flexibility index (Phi) is 3.13. The van der Waals surface area contributed by atoms with Gasteiger partial charge in [-0.1, -0.05) is 18.5 Å². The van der Waals surface area contributed by atoms with Gasteiger partial charge >= 0.3 is 0 Å². The molecule has 0 aromatic heterocycles. The van der Waals surface area contributed by atoms with Crippen LogP contribution in [0.1, 0.15) is 30.9 Å². The van der Waals surface area contributed by atoms with E-state index < -0.39 is 0 Å². The van der Waals surface area contributed by atoms with Gasteiger partial charge < -0.3 is 10.5 Å². The van der Waals surface area contributed by atoms with Crippen molar-refractivity contribution in [1.29, 1.82) is 0 Å². The van der Waals surface area contributed by atoms with Crippen molar-refractivity contribution in [2.75, 3.05) is 13.7 Å². The number of hydrogen-bond donors (Lipinski definition) is 1. The number of ether oxygens (including phenoxy) is 1. The Balaban J connectivity index is 2.46. The van der Waals surface area contributed by atoms with Gasteiger partial charge in [0.25, 0.3) is 0 Å². The summed E-state index contributed by atoms with van der Waals surface area (Å²) in [4.78, 5) is 0. The van der Waals surface area contributed by atoms with Gasteiger partial charge in [0.15, 0.2) is 0 Å². The molecule has 0 bridgehead atoms. The van der Waals surface area contributed by atoms with E-state index in [1.54, 1.807) is 7.11 Å². The zero-order chi connectivity index (χ0) is 11.8. The molecule has 1 aliphatic rings. The maximum atomic E-state index is 6.28. The normalized spacial score (nSPS) is 17.2. The van der Waals surface area contributed by atoms with Crippen molar-refractivity contribution in [3.63, 3.8) is 0 Å². The first-order valence-electron chi connectivity index (χ1n) is 5.74. The summed E-state index contributed by atoms with van der Waals surface area (Å²) in [6, 6.07) is 4.16. The highest BCUT2D eigenvalue weighted by Crippen LogP contribution is 2.49. The molecule has 2 N–H and O–H groups in total. The SMILES string of the molecule is CCc1c(Cl)cc(C2(CN)CC2)cc1OC. The molecular weight excluding hydrogens is 222 g/mol. The van der Waals surface area contributed by atoms with Crippen LogP contribution < -0.4 is 10.5 Å². The third-order valence-corrected chi connectivity index (χ3v) is 3.92. The lowest BCUT2D eigenvalue weighted by atomic mass is 9.94. The van der Waals surface area contributed by atoms with Gasteiger partial charge in [-0.15, -0.1) is 0 Å². The number of halogens is 1. The highest BCUT2D eigenvalue weighted by Gasteiger charge is 2.43. The molecule has 1 fully saturated rings. The average Bonchev–Trinajstić information content (AvgIpc) is 3.08. The Bertz CT molecular complexity index is 399. The lowest BCUT2D eigenvalue weighted by molar-refractivity contribution is 0.409. The molecule has 0 unspecified atom stereocenters. The molecule has 0 atom stereocenters.